The molecule has 1 atom stereocenters. The maximum Gasteiger partial charge on any atom is 0.239 e. The molecule has 0 radical (unpaired) electrons. The standard InChI is InChI=1S/C16H32N2O/c1-7-18(6)15(19)12(2)17-14-10-8-13(9-11-14)16(3,4)5/h12-14,17H,7-11H2,1-6H3. The summed E-state index contributed by atoms with van der Waals surface area (Å²) in [5.41, 5.74) is 0.425. The SMILES string of the molecule is CCN(C)C(=O)C(C)NC1CCC(C(C)(C)C)CC1. The minimum Gasteiger partial charge on any atom is -0.345 e. The molecule has 1 unspecified atom stereocenters. The number of nitrogens with zero attached hydrogens (tertiary/aromatic N) is 1. The number of hydrogen-bond acceptors (Lipinski definition) is 2. The number of hydrogen-bond donors (Lipinski definition) is 1. The minimum absolute atomic E-state index is 0.0545. The van der Waals surface area contributed by atoms with Gasteiger partial charge in [0.1, 0.15) is 0 Å². The molecule has 3 heteroatoms. The molecule has 0 aromatic carbocycles. The molecule has 0 aliphatic heterocycles. The molecule has 1 rings (SSSR count). The van der Waals surface area contributed by atoms with Crippen LogP contribution in [0.1, 0.15) is 60.3 Å². The van der Waals surface area contributed by atoms with Crippen LogP contribution in [0.5, 0.6) is 0 Å². The van der Waals surface area contributed by atoms with Crippen LogP contribution in [0.2, 0.25) is 0 Å². The summed E-state index contributed by atoms with van der Waals surface area (Å²) < 4.78 is 0. The number of amides is 1. The highest BCUT2D eigenvalue weighted by atomic mass is 16.2. The van der Waals surface area contributed by atoms with E-state index in [0.29, 0.717) is 11.5 Å². The van der Waals surface area contributed by atoms with Gasteiger partial charge in [-0.3, -0.25) is 4.79 Å². The van der Waals surface area contributed by atoms with Gasteiger partial charge < -0.3 is 10.2 Å². The Bertz CT molecular complexity index is 288. The van der Waals surface area contributed by atoms with Crippen LogP contribution in [0, 0.1) is 11.3 Å². The molecule has 112 valence electrons. The molecule has 1 aliphatic carbocycles. The predicted octanol–water partition coefficient (Wildman–Crippen LogP) is 3.05. The zero-order valence-corrected chi connectivity index (χ0v) is 13.6. The van der Waals surface area contributed by atoms with Crippen molar-refractivity contribution >= 4 is 5.91 Å². The van der Waals surface area contributed by atoms with Crippen molar-refractivity contribution in [3.8, 4) is 0 Å². The van der Waals surface area contributed by atoms with Gasteiger partial charge in [0.2, 0.25) is 5.91 Å². The second-order valence-electron chi connectivity index (χ2n) is 7.16. The Hall–Kier alpha value is -0.570. The van der Waals surface area contributed by atoms with Crippen molar-refractivity contribution in [3.63, 3.8) is 0 Å². The van der Waals surface area contributed by atoms with Crippen LogP contribution in [-0.2, 0) is 4.79 Å². The van der Waals surface area contributed by atoms with E-state index in [-0.39, 0.29) is 11.9 Å². The van der Waals surface area contributed by atoms with E-state index in [1.165, 1.54) is 25.7 Å². The van der Waals surface area contributed by atoms with Crippen molar-refractivity contribution in [3.05, 3.63) is 0 Å². The van der Waals surface area contributed by atoms with Crippen LogP contribution in [0.15, 0.2) is 0 Å². The van der Waals surface area contributed by atoms with Gasteiger partial charge in [-0.25, -0.2) is 0 Å². The van der Waals surface area contributed by atoms with Crippen molar-refractivity contribution in [2.24, 2.45) is 11.3 Å². The second-order valence-corrected chi connectivity index (χ2v) is 7.16. The fraction of sp³-hybridized carbons (Fsp3) is 0.938. The van der Waals surface area contributed by atoms with E-state index < -0.39 is 0 Å². The van der Waals surface area contributed by atoms with Crippen molar-refractivity contribution in [1.29, 1.82) is 0 Å². The van der Waals surface area contributed by atoms with Gasteiger partial charge in [0, 0.05) is 19.6 Å². The van der Waals surface area contributed by atoms with Crippen molar-refractivity contribution in [2.45, 2.75) is 72.4 Å². The number of likely N-dealkylation sites (N-methyl/N-ethyl adjacent to an activating group) is 1. The lowest BCUT2D eigenvalue weighted by Crippen LogP contribution is -2.48. The van der Waals surface area contributed by atoms with Crippen LogP contribution in [0.25, 0.3) is 0 Å². The first-order chi connectivity index (χ1) is 8.75. The van der Waals surface area contributed by atoms with Crippen LogP contribution in [0.3, 0.4) is 0 Å². The number of carbonyl (C=O) groups is 1. The van der Waals surface area contributed by atoms with Gasteiger partial charge in [0.25, 0.3) is 0 Å². The van der Waals surface area contributed by atoms with Crippen molar-refractivity contribution < 1.29 is 4.79 Å². The molecule has 1 N–H and O–H groups in total. The molecule has 19 heavy (non-hydrogen) atoms. The van der Waals surface area contributed by atoms with Gasteiger partial charge in [0.05, 0.1) is 6.04 Å². The molecule has 1 saturated carbocycles. The monoisotopic (exact) mass is 268 g/mol. The molecule has 0 heterocycles. The highest BCUT2D eigenvalue weighted by Crippen LogP contribution is 2.37. The van der Waals surface area contributed by atoms with Crippen LogP contribution in [-0.4, -0.2) is 36.5 Å². The van der Waals surface area contributed by atoms with Gasteiger partial charge in [-0.2, -0.15) is 0 Å². The van der Waals surface area contributed by atoms with Crippen LogP contribution in [0.4, 0.5) is 0 Å². The Morgan fingerprint density at radius 3 is 2.21 bits per heavy atom. The Kier molecular flexibility index (Phi) is 5.84. The van der Waals surface area contributed by atoms with E-state index in [1.807, 2.05) is 20.9 Å². The summed E-state index contributed by atoms with van der Waals surface area (Å²) >= 11 is 0. The molecule has 0 saturated heterocycles. The van der Waals surface area contributed by atoms with Crippen LogP contribution >= 0.6 is 0 Å². The van der Waals surface area contributed by atoms with Gasteiger partial charge in [-0.15, -0.1) is 0 Å². The van der Waals surface area contributed by atoms with E-state index in [1.54, 1.807) is 4.90 Å². The molecule has 0 bridgehead atoms. The molecule has 3 nitrogen and oxygen atoms in total. The summed E-state index contributed by atoms with van der Waals surface area (Å²) in [6.07, 6.45) is 4.97. The minimum atomic E-state index is -0.0545. The third-order valence-electron chi connectivity index (χ3n) is 4.66. The largest absolute Gasteiger partial charge is 0.345 e. The Morgan fingerprint density at radius 2 is 1.79 bits per heavy atom. The fourth-order valence-corrected chi connectivity index (χ4v) is 3.04. The first kappa shape index (κ1) is 16.5. The van der Waals surface area contributed by atoms with Gasteiger partial charge in [-0.05, 0) is 50.9 Å². The first-order valence-corrected chi connectivity index (χ1v) is 7.76. The number of rotatable bonds is 4. The highest BCUT2D eigenvalue weighted by molar-refractivity contribution is 5.81. The van der Waals surface area contributed by atoms with Gasteiger partial charge >= 0.3 is 0 Å². The molecule has 1 amide bonds. The summed E-state index contributed by atoms with van der Waals surface area (Å²) in [4.78, 5) is 13.8. The third-order valence-corrected chi connectivity index (χ3v) is 4.66. The normalized spacial score (nSPS) is 26.0. The lowest BCUT2D eigenvalue weighted by atomic mass is 9.71. The molecule has 1 fully saturated rings. The predicted molar refractivity (Wildman–Crippen MR) is 81.1 cm³/mol. The smallest absolute Gasteiger partial charge is 0.239 e. The average Bonchev–Trinajstić information content (AvgIpc) is 2.36. The zero-order valence-electron chi connectivity index (χ0n) is 13.6. The lowest BCUT2D eigenvalue weighted by Gasteiger charge is -2.38. The summed E-state index contributed by atoms with van der Waals surface area (Å²) in [6.45, 7) is 11.8. The Balaban J connectivity index is 2.39. The van der Waals surface area contributed by atoms with E-state index in [2.05, 4.69) is 26.1 Å². The third kappa shape index (κ3) is 4.79. The fourth-order valence-electron chi connectivity index (χ4n) is 3.04. The molecular weight excluding hydrogens is 236 g/mol. The summed E-state index contributed by atoms with van der Waals surface area (Å²) in [6, 6.07) is 0.462. The Labute approximate surface area is 119 Å². The molecule has 1 aliphatic rings. The van der Waals surface area contributed by atoms with E-state index in [9.17, 15) is 4.79 Å². The van der Waals surface area contributed by atoms with Crippen molar-refractivity contribution in [1.82, 2.24) is 10.2 Å². The van der Waals surface area contributed by atoms with Gasteiger partial charge in [0.15, 0.2) is 0 Å². The number of carbonyl (C=O) groups excluding carboxylic acids is 1. The topological polar surface area (TPSA) is 32.3 Å². The second kappa shape index (κ2) is 6.74. The number of nitrogens with one attached hydrogen (secondary N) is 1. The molecular formula is C16H32N2O. The van der Waals surface area contributed by atoms with Crippen molar-refractivity contribution in [2.75, 3.05) is 13.6 Å². The van der Waals surface area contributed by atoms with E-state index >= 15 is 0 Å². The molecule has 0 spiro atoms. The zero-order chi connectivity index (χ0) is 14.6. The average molecular weight is 268 g/mol. The summed E-state index contributed by atoms with van der Waals surface area (Å²) in [5, 5.41) is 3.51. The highest BCUT2D eigenvalue weighted by Gasteiger charge is 2.30. The van der Waals surface area contributed by atoms with E-state index in [0.717, 1.165) is 12.5 Å². The molecule has 0 aromatic heterocycles. The quantitative estimate of drug-likeness (QED) is 0.850. The Morgan fingerprint density at radius 1 is 1.26 bits per heavy atom. The van der Waals surface area contributed by atoms with Gasteiger partial charge in [-0.1, -0.05) is 20.8 Å². The first-order valence-electron chi connectivity index (χ1n) is 7.76. The molecule has 0 aromatic rings. The maximum absolute atomic E-state index is 12.0. The van der Waals surface area contributed by atoms with E-state index in [4.69, 9.17) is 0 Å². The summed E-state index contributed by atoms with van der Waals surface area (Å²) in [7, 11) is 1.87. The van der Waals surface area contributed by atoms with Crippen LogP contribution < -0.4 is 5.32 Å². The lowest BCUT2D eigenvalue weighted by molar-refractivity contribution is -0.131. The maximum atomic E-state index is 12.0. The summed E-state index contributed by atoms with van der Waals surface area (Å²) in [5.74, 6) is 1.04.